The molecule has 1 aromatic rings. The number of hydrogen-bond acceptors (Lipinski definition) is 4. The molecule has 0 aliphatic carbocycles. The van der Waals surface area contributed by atoms with E-state index in [-0.39, 0.29) is 5.41 Å². The number of aromatic nitrogens is 1. The van der Waals surface area contributed by atoms with Gasteiger partial charge >= 0.3 is 0 Å². The minimum Gasteiger partial charge on any atom is -0.389 e. The molecule has 0 saturated carbocycles. The van der Waals surface area contributed by atoms with E-state index in [1.807, 2.05) is 0 Å². The highest BCUT2D eigenvalue weighted by Gasteiger charge is 2.17. The first-order valence-corrected chi connectivity index (χ1v) is 6.44. The van der Waals surface area contributed by atoms with E-state index in [0.717, 1.165) is 17.2 Å². The van der Waals surface area contributed by atoms with Gasteiger partial charge in [0.15, 0.2) is 0 Å². The van der Waals surface area contributed by atoms with E-state index in [9.17, 15) is 5.11 Å². The maximum Gasteiger partial charge on any atom is 0.107 e. The fraction of sp³-hybridized carbons (Fsp3) is 0.750. The standard InChI is InChI=1S/C12H22N2OS/c1-11(2,3)9-7-16-10(14-9)6-13-8-12(4,5)15/h7,13,15H,6,8H2,1-5H3. The first kappa shape index (κ1) is 13.6. The summed E-state index contributed by atoms with van der Waals surface area (Å²) in [6, 6.07) is 0. The Bertz CT molecular complexity index is 334. The van der Waals surface area contributed by atoms with Gasteiger partial charge in [-0.15, -0.1) is 11.3 Å². The van der Waals surface area contributed by atoms with Crippen LogP contribution in [0, 0.1) is 0 Å². The Labute approximate surface area is 102 Å². The number of nitrogens with zero attached hydrogens (tertiary/aromatic N) is 1. The summed E-state index contributed by atoms with van der Waals surface area (Å²) in [5, 5.41) is 15.9. The molecule has 0 bridgehead atoms. The molecule has 4 heteroatoms. The van der Waals surface area contributed by atoms with Crippen molar-refractivity contribution in [2.75, 3.05) is 6.54 Å². The van der Waals surface area contributed by atoms with Crippen molar-refractivity contribution in [3.05, 3.63) is 16.1 Å². The first-order chi connectivity index (χ1) is 7.18. The summed E-state index contributed by atoms with van der Waals surface area (Å²) in [5.41, 5.74) is 0.590. The minimum absolute atomic E-state index is 0.116. The van der Waals surface area contributed by atoms with Gasteiger partial charge < -0.3 is 10.4 Å². The van der Waals surface area contributed by atoms with Crippen molar-refractivity contribution in [2.24, 2.45) is 0 Å². The predicted octanol–water partition coefficient (Wildman–Crippen LogP) is 2.30. The molecular weight excluding hydrogens is 220 g/mol. The molecular formula is C12H22N2OS. The SMILES string of the molecule is CC(C)(O)CNCc1nc(C(C)(C)C)cs1. The fourth-order valence-electron chi connectivity index (χ4n) is 1.21. The molecule has 16 heavy (non-hydrogen) atoms. The highest BCUT2D eigenvalue weighted by atomic mass is 32.1. The number of aliphatic hydroxyl groups is 1. The first-order valence-electron chi connectivity index (χ1n) is 5.56. The van der Waals surface area contributed by atoms with Crippen molar-refractivity contribution in [2.45, 2.75) is 52.2 Å². The summed E-state index contributed by atoms with van der Waals surface area (Å²) in [6.45, 7) is 11.4. The van der Waals surface area contributed by atoms with Crippen molar-refractivity contribution in [3.8, 4) is 0 Å². The molecule has 92 valence electrons. The summed E-state index contributed by atoms with van der Waals surface area (Å²) in [5.74, 6) is 0. The van der Waals surface area contributed by atoms with Gasteiger partial charge in [-0.25, -0.2) is 4.98 Å². The third kappa shape index (κ3) is 4.60. The Balaban J connectivity index is 2.48. The molecule has 3 nitrogen and oxygen atoms in total. The average molecular weight is 242 g/mol. The quantitative estimate of drug-likeness (QED) is 0.851. The van der Waals surface area contributed by atoms with Gasteiger partial charge in [0.05, 0.1) is 11.3 Å². The second kappa shape index (κ2) is 4.82. The van der Waals surface area contributed by atoms with Gasteiger partial charge in [0, 0.05) is 23.9 Å². The van der Waals surface area contributed by atoms with Crippen LogP contribution in [0.1, 0.15) is 45.3 Å². The third-order valence-corrected chi connectivity index (χ3v) is 3.00. The lowest BCUT2D eigenvalue weighted by Gasteiger charge is -2.17. The third-order valence-electron chi connectivity index (χ3n) is 2.15. The van der Waals surface area contributed by atoms with Crippen molar-refractivity contribution >= 4 is 11.3 Å². The molecule has 0 unspecified atom stereocenters. The Morgan fingerprint density at radius 2 is 1.94 bits per heavy atom. The van der Waals surface area contributed by atoms with E-state index in [1.165, 1.54) is 0 Å². The lowest BCUT2D eigenvalue weighted by Crippen LogP contribution is -2.34. The molecule has 0 spiro atoms. The zero-order chi connectivity index (χ0) is 12.4. The van der Waals surface area contributed by atoms with E-state index < -0.39 is 5.60 Å². The van der Waals surface area contributed by atoms with Gasteiger partial charge in [0.2, 0.25) is 0 Å². The highest BCUT2D eigenvalue weighted by molar-refractivity contribution is 7.09. The van der Waals surface area contributed by atoms with Crippen molar-refractivity contribution < 1.29 is 5.11 Å². The molecule has 0 aliphatic heterocycles. The maximum atomic E-state index is 9.55. The zero-order valence-corrected chi connectivity index (χ0v) is 11.6. The molecule has 0 radical (unpaired) electrons. The van der Waals surface area contributed by atoms with Crippen LogP contribution >= 0.6 is 11.3 Å². The van der Waals surface area contributed by atoms with Gasteiger partial charge in [-0.05, 0) is 13.8 Å². The van der Waals surface area contributed by atoms with Crippen molar-refractivity contribution in [1.82, 2.24) is 10.3 Å². The largest absolute Gasteiger partial charge is 0.389 e. The van der Waals surface area contributed by atoms with Crippen LogP contribution in [-0.4, -0.2) is 22.2 Å². The lowest BCUT2D eigenvalue weighted by molar-refractivity contribution is 0.0795. The topological polar surface area (TPSA) is 45.1 Å². The normalized spacial score (nSPS) is 13.1. The van der Waals surface area contributed by atoms with Crippen LogP contribution in [0.15, 0.2) is 5.38 Å². The fourth-order valence-corrected chi connectivity index (χ4v) is 2.20. The van der Waals surface area contributed by atoms with E-state index in [4.69, 9.17) is 0 Å². The Hall–Kier alpha value is -0.450. The summed E-state index contributed by atoms with van der Waals surface area (Å²) in [4.78, 5) is 4.58. The number of thiazole rings is 1. The van der Waals surface area contributed by atoms with Crippen molar-refractivity contribution in [3.63, 3.8) is 0 Å². The molecule has 1 aromatic heterocycles. The van der Waals surface area contributed by atoms with Crippen molar-refractivity contribution in [1.29, 1.82) is 0 Å². The smallest absolute Gasteiger partial charge is 0.107 e. The molecule has 2 N–H and O–H groups in total. The van der Waals surface area contributed by atoms with Gasteiger partial charge in [0.25, 0.3) is 0 Å². The predicted molar refractivity (Wildman–Crippen MR) is 68.8 cm³/mol. The van der Waals surface area contributed by atoms with E-state index >= 15 is 0 Å². The van der Waals surface area contributed by atoms with Gasteiger partial charge in [-0.2, -0.15) is 0 Å². The van der Waals surface area contributed by atoms with Crippen LogP contribution < -0.4 is 5.32 Å². The minimum atomic E-state index is -0.663. The number of nitrogens with one attached hydrogen (secondary N) is 1. The van der Waals surface area contributed by atoms with Crippen LogP contribution in [0.5, 0.6) is 0 Å². The molecule has 0 aromatic carbocycles. The Morgan fingerprint density at radius 1 is 1.31 bits per heavy atom. The number of rotatable bonds is 4. The summed E-state index contributed by atoms with van der Waals surface area (Å²) < 4.78 is 0. The second-order valence-corrected chi connectivity index (χ2v) is 6.74. The zero-order valence-electron chi connectivity index (χ0n) is 10.8. The van der Waals surface area contributed by atoms with Crippen LogP contribution in [0.2, 0.25) is 0 Å². The molecule has 0 saturated heterocycles. The average Bonchev–Trinajstić information content (AvgIpc) is 2.49. The molecule has 0 amide bonds. The highest BCUT2D eigenvalue weighted by Crippen LogP contribution is 2.23. The van der Waals surface area contributed by atoms with Gasteiger partial charge in [-0.3, -0.25) is 0 Å². The summed E-state index contributed by atoms with van der Waals surface area (Å²) >= 11 is 1.67. The molecule has 0 aliphatic rings. The van der Waals surface area contributed by atoms with Crippen LogP contribution in [0.4, 0.5) is 0 Å². The van der Waals surface area contributed by atoms with Crippen LogP contribution in [0.25, 0.3) is 0 Å². The molecule has 1 heterocycles. The van der Waals surface area contributed by atoms with E-state index in [1.54, 1.807) is 25.2 Å². The van der Waals surface area contributed by atoms with Gasteiger partial charge in [-0.1, -0.05) is 20.8 Å². The Kier molecular flexibility index (Phi) is 4.10. The summed E-state index contributed by atoms with van der Waals surface area (Å²) in [7, 11) is 0. The number of hydrogen-bond donors (Lipinski definition) is 2. The second-order valence-electron chi connectivity index (χ2n) is 5.79. The van der Waals surface area contributed by atoms with Crippen LogP contribution in [0.3, 0.4) is 0 Å². The van der Waals surface area contributed by atoms with E-state index in [0.29, 0.717) is 6.54 Å². The van der Waals surface area contributed by atoms with E-state index in [2.05, 4.69) is 36.5 Å². The molecule has 0 fully saturated rings. The molecule has 0 atom stereocenters. The lowest BCUT2D eigenvalue weighted by atomic mass is 9.93. The Morgan fingerprint density at radius 3 is 2.38 bits per heavy atom. The van der Waals surface area contributed by atoms with Gasteiger partial charge in [0.1, 0.15) is 5.01 Å². The maximum absolute atomic E-state index is 9.55. The summed E-state index contributed by atoms with van der Waals surface area (Å²) in [6.07, 6.45) is 0. The van der Waals surface area contributed by atoms with Crippen LogP contribution in [-0.2, 0) is 12.0 Å². The monoisotopic (exact) mass is 242 g/mol. The molecule has 1 rings (SSSR count).